The summed E-state index contributed by atoms with van der Waals surface area (Å²) in [5, 5.41) is 0.546. The highest BCUT2D eigenvalue weighted by Gasteiger charge is 2.21. The lowest BCUT2D eigenvalue weighted by Crippen LogP contribution is -2.08. The van der Waals surface area contributed by atoms with Gasteiger partial charge in [-0.15, -0.1) is 0 Å². The maximum atomic E-state index is 11.6. The van der Waals surface area contributed by atoms with Gasteiger partial charge in [-0.3, -0.25) is 4.57 Å². The monoisotopic (exact) mass is 343 g/mol. The second-order valence-electron chi connectivity index (χ2n) is 3.79. The van der Waals surface area contributed by atoms with Crippen molar-refractivity contribution < 1.29 is 9.53 Å². The van der Waals surface area contributed by atoms with Crippen molar-refractivity contribution in [2.45, 2.75) is 6.92 Å². The van der Waals surface area contributed by atoms with Crippen LogP contribution >= 0.6 is 27.5 Å². The van der Waals surface area contributed by atoms with E-state index in [1.165, 1.54) is 7.11 Å². The molecule has 0 saturated carbocycles. The zero-order valence-electron chi connectivity index (χ0n) is 10.3. The molecule has 2 rings (SSSR count). The molecule has 7 heteroatoms. The minimum absolute atomic E-state index is 0.0897. The third kappa shape index (κ3) is 2.33. The Bertz CT molecular complexity index is 655. The van der Waals surface area contributed by atoms with Gasteiger partial charge in [0, 0.05) is 0 Å². The zero-order valence-corrected chi connectivity index (χ0v) is 12.6. The smallest absolute Gasteiger partial charge is 0.360 e. The maximum absolute atomic E-state index is 11.6. The number of aromatic nitrogens is 2. The van der Waals surface area contributed by atoms with Crippen LogP contribution in [0.1, 0.15) is 16.3 Å². The van der Waals surface area contributed by atoms with Crippen molar-refractivity contribution in [1.29, 1.82) is 0 Å². The fourth-order valence-electron chi connectivity index (χ4n) is 1.77. The lowest BCUT2D eigenvalue weighted by atomic mass is 10.3. The van der Waals surface area contributed by atoms with Gasteiger partial charge in [0.05, 0.1) is 22.3 Å². The molecule has 0 spiro atoms. The van der Waals surface area contributed by atoms with Crippen molar-refractivity contribution >= 4 is 39.3 Å². The highest BCUT2D eigenvalue weighted by Crippen LogP contribution is 2.32. The minimum atomic E-state index is -0.572. The van der Waals surface area contributed by atoms with Gasteiger partial charge in [-0.2, -0.15) is 0 Å². The summed E-state index contributed by atoms with van der Waals surface area (Å²) >= 11 is 9.45. The van der Waals surface area contributed by atoms with Crippen LogP contribution in [0.4, 0.5) is 5.82 Å². The molecule has 0 unspecified atom stereocenters. The quantitative estimate of drug-likeness (QED) is 0.850. The number of methoxy groups -OCH3 is 1. The number of imidazole rings is 1. The third-order valence-electron chi connectivity index (χ3n) is 2.63. The topological polar surface area (TPSA) is 70.1 Å². The molecule has 0 amide bonds. The predicted molar refractivity (Wildman–Crippen MR) is 76.8 cm³/mol. The molecule has 19 heavy (non-hydrogen) atoms. The van der Waals surface area contributed by atoms with Gasteiger partial charge in [-0.1, -0.05) is 17.7 Å². The Morgan fingerprint density at radius 2 is 2.21 bits per heavy atom. The van der Waals surface area contributed by atoms with Gasteiger partial charge in [0.25, 0.3) is 0 Å². The number of carbonyl (C=O) groups excluding carboxylic acids is 1. The summed E-state index contributed by atoms with van der Waals surface area (Å²) in [4.78, 5) is 15.7. The van der Waals surface area contributed by atoms with Gasteiger partial charge in [-0.25, -0.2) is 9.78 Å². The summed E-state index contributed by atoms with van der Waals surface area (Å²) in [5.74, 6) is 0.214. The van der Waals surface area contributed by atoms with E-state index in [2.05, 4.69) is 25.7 Å². The number of nitrogens with zero attached hydrogens (tertiary/aromatic N) is 2. The maximum Gasteiger partial charge on any atom is 0.360 e. The fourth-order valence-corrected chi connectivity index (χ4v) is 2.38. The fraction of sp³-hybridized carbons (Fsp3) is 0.167. The molecule has 0 aliphatic heterocycles. The van der Waals surface area contributed by atoms with Gasteiger partial charge in [0.1, 0.15) is 11.6 Å². The van der Waals surface area contributed by atoms with Crippen molar-refractivity contribution in [2.24, 2.45) is 0 Å². The Morgan fingerprint density at radius 1 is 1.53 bits per heavy atom. The van der Waals surface area contributed by atoms with E-state index in [4.69, 9.17) is 17.3 Å². The van der Waals surface area contributed by atoms with E-state index in [9.17, 15) is 4.79 Å². The molecule has 1 heterocycles. The number of halogens is 2. The van der Waals surface area contributed by atoms with E-state index in [0.717, 1.165) is 0 Å². The average Bonchev–Trinajstić information content (AvgIpc) is 2.68. The molecule has 2 N–H and O–H groups in total. The first-order chi connectivity index (χ1) is 8.97. The van der Waals surface area contributed by atoms with Crippen molar-refractivity contribution in [1.82, 2.24) is 9.55 Å². The van der Waals surface area contributed by atoms with Crippen LogP contribution in [0.5, 0.6) is 0 Å². The predicted octanol–water partition coefficient (Wildman–Crippen LogP) is 2.97. The van der Waals surface area contributed by atoms with Gasteiger partial charge in [0.2, 0.25) is 0 Å². The number of aryl methyl sites for hydroxylation is 1. The number of rotatable bonds is 2. The van der Waals surface area contributed by atoms with Crippen LogP contribution in [-0.4, -0.2) is 22.6 Å². The Labute approximate surface area is 123 Å². The lowest BCUT2D eigenvalue weighted by molar-refractivity contribution is 0.0596. The molecule has 0 atom stereocenters. The molecule has 1 aromatic carbocycles. The number of nitrogens with two attached hydrogens (primary N) is 1. The van der Waals surface area contributed by atoms with Crippen LogP contribution in [0.15, 0.2) is 22.7 Å². The van der Waals surface area contributed by atoms with E-state index in [-0.39, 0.29) is 11.5 Å². The number of anilines is 1. The molecule has 1 aromatic heterocycles. The first-order valence-corrected chi connectivity index (χ1v) is 6.52. The normalized spacial score (nSPS) is 10.5. The van der Waals surface area contributed by atoms with E-state index in [0.29, 0.717) is 21.0 Å². The van der Waals surface area contributed by atoms with E-state index < -0.39 is 5.97 Å². The second-order valence-corrected chi connectivity index (χ2v) is 4.99. The van der Waals surface area contributed by atoms with Gasteiger partial charge in [-0.05, 0) is 35.0 Å². The molecule has 100 valence electrons. The SMILES string of the molecule is COC(=O)c1nc(C)n(-c2cccc(Cl)c2Br)c1N. The zero-order chi connectivity index (χ0) is 14.2. The number of benzene rings is 1. The second kappa shape index (κ2) is 5.22. The number of nitrogen functional groups attached to an aromatic ring is 1. The molecule has 0 bridgehead atoms. The molecule has 0 fully saturated rings. The summed E-state index contributed by atoms with van der Waals surface area (Å²) in [6, 6.07) is 5.36. The Morgan fingerprint density at radius 3 is 2.84 bits per heavy atom. The van der Waals surface area contributed by atoms with Crippen LogP contribution in [0.2, 0.25) is 5.02 Å². The highest BCUT2D eigenvalue weighted by atomic mass is 79.9. The van der Waals surface area contributed by atoms with E-state index in [1.807, 2.05) is 6.07 Å². The summed E-state index contributed by atoms with van der Waals surface area (Å²) in [5.41, 5.74) is 6.77. The van der Waals surface area contributed by atoms with E-state index in [1.54, 1.807) is 23.6 Å². The van der Waals surface area contributed by atoms with Gasteiger partial charge in [0.15, 0.2) is 5.69 Å². The molecule has 0 radical (unpaired) electrons. The number of hydrogen-bond acceptors (Lipinski definition) is 4. The molecule has 0 aliphatic carbocycles. The molecule has 2 aromatic rings. The lowest BCUT2D eigenvalue weighted by Gasteiger charge is -2.10. The van der Waals surface area contributed by atoms with Crippen molar-refractivity contribution in [3.05, 3.63) is 39.2 Å². The molecule has 0 saturated heterocycles. The van der Waals surface area contributed by atoms with Crippen LogP contribution < -0.4 is 5.73 Å². The average molecular weight is 345 g/mol. The minimum Gasteiger partial charge on any atom is -0.464 e. The summed E-state index contributed by atoms with van der Waals surface area (Å²) in [7, 11) is 1.28. The van der Waals surface area contributed by atoms with Crippen LogP contribution in [0.25, 0.3) is 5.69 Å². The Kier molecular flexibility index (Phi) is 3.82. The third-order valence-corrected chi connectivity index (χ3v) is 4.01. The molecule has 0 aliphatic rings. The summed E-state index contributed by atoms with van der Waals surface area (Å²) in [6.45, 7) is 1.75. The number of esters is 1. The summed E-state index contributed by atoms with van der Waals surface area (Å²) in [6.07, 6.45) is 0. The molecular formula is C12H11BrClN3O2. The number of carbonyl (C=O) groups is 1. The van der Waals surface area contributed by atoms with Gasteiger partial charge < -0.3 is 10.5 Å². The molecule has 5 nitrogen and oxygen atoms in total. The molecular weight excluding hydrogens is 334 g/mol. The Balaban J connectivity index is 2.67. The van der Waals surface area contributed by atoms with Gasteiger partial charge >= 0.3 is 5.97 Å². The van der Waals surface area contributed by atoms with Crippen LogP contribution in [0.3, 0.4) is 0 Å². The summed E-state index contributed by atoms with van der Waals surface area (Å²) < 4.78 is 6.96. The van der Waals surface area contributed by atoms with E-state index >= 15 is 0 Å². The standard InChI is InChI=1S/C12H11BrClN3O2/c1-6-16-10(12(18)19-2)11(15)17(6)8-5-3-4-7(14)9(8)13/h3-5H,15H2,1-2H3. The Hall–Kier alpha value is -1.53. The van der Waals surface area contributed by atoms with Crippen molar-refractivity contribution in [3.8, 4) is 5.69 Å². The van der Waals surface area contributed by atoms with Crippen molar-refractivity contribution in [3.63, 3.8) is 0 Å². The first-order valence-electron chi connectivity index (χ1n) is 5.35. The number of hydrogen-bond donors (Lipinski definition) is 1. The van der Waals surface area contributed by atoms with Crippen LogP contribution in [-0.2, 0) is 4.74 Å². The number of ether oxygens (including phenoxy) is 1. The van der Waals surface area contributed by atoms with Crippen molar-refractivity contribution in [2.75, 3.05) is 12.8 Å². The van der Waals surface area contributed by atoms with Crippen LogP contribution in [0, 0.1) is 6.92 Å². The first kappa shape index (κ1) is 13.9. The largest absolute Gasteiger partial charge is 0.464 e. The highest BCUT2D eigenvalue weighted by molar-refractivity contribution is 9.10.